The largest absolute Gasteiger partial charge is 0.383 e. The lowest BCUT2D eigenvalue weighted by Crippen LogP contribution is -2.38. The number of rotatable bonds is 6. The van der Waals surface area contributed by atoms with Crippen molar-refractivity contribution < 1.29 is 4.74 Å². The predicted octanol–water partition coefficient (Wildman–Crippen LogP) is -0.341. The van der Waals surface area contributed by atoms with Crippen LogP contribution in [0.5, 0.6) is 0 Å². The summed E-state index contributed by atoms with van der Waals surface area (Å²) in [6.07, 6.45) is 0. The highest BCUT2D eigenvalue weighted by atomic mass is 32.1. The second-order valence-electron chi connectivity index (χ2n) is 2.80. The number of nitrogens with one attached hydrogen (secondary N) is 2. The van der Waals surface area contributed by atoms with Crippen LogP contribution in [0.3, 0.4) is 0 Å². The Balaban J connectivity index is 3.26. The Morgan fingerprint density at radius 3 is 2.69 bits per heavy atom. The Kier molecular flexibility index (Phi) is 7.97. The van der Waals surface area contributed by atoms with E-state index in [1.165, 1.54) is 0 Å². The Morgan fingerprint density at radius 2 is 2.15 bits per heavy atom. The maximum atomic E-state index is 4.96. The molecule has 0 amide bonds. The Morgan fingerprint density at radius 1 is 1.46 bits per heavy atom. The number of methoxy groups -OCH3 is 1. The van der Waals surface area contributed by atoms with Crippen molar-refractivity contribution in [3.05, 3.63) is 0 Å². The van der Waals surface area contributed by atoms with E-state index in [0.29, 0.717) is 5.11 Å². The summed E-state index contributed by atoms with van der Waals surface area (Å²) in [6, 6.07) is 0. The zero-order valence-corrected chi connectivity index (χ0v) is 9.41. The molecule has 2 N–H and O–H groups in total. The molecule has 0 saturated heterocycles. The smallest absolute Gasteiger partial charge is 0.166 e. The average Bonchev–Trinajstić information content (AvgIpc) is 2.14. The van der Waals surface area contributed by atoms with Gasteiger partial charge < -0.3 is 20.3 Å². The number of nitrogens with zero attached hydrogens (tertiary/aromatic N) is 1. The van der Waals surface area contributed by atoms with Gasteiger partial charge in [0, 0.05) is 33.8 Å². The van der Waals surface area contributed by atoms with E-state index in [2.05, 4.69) is 22.6 Å². The van der Waals surface area contributed by atoms with Crippen LogP contribution in [-0.4, -0.2) is 57.5 Å². The molecule has 0 aliphatic heterocycles. The van der Waals surface area contributed by atoms with Gasteiger partial charge in [0.2, 0.25) is 0 Å². The van der Waals surface area contributed by atoms with Crippen LogP contribution in [0.25, 0.3) is 0 Å². The van der Waals surface area contributed by atoms with E-state index in [0.717, 1.165) is 26.2 Å². The number of thiocarbonyl (C=S) groups is 1. The fraction of sp³-hybridized carbons (Fsp3) is 0.875. The summed E-state index contributed by atoms with van der Waals surface area (Å²) in [5.41, 5.74) is 0. The van der Waals surface area contributed by atoms with Gasteiger partial charge in [-0.2, -0.15) is 0 Å². The van der Waals surface area contributed by atoms with Crippen molar-refractivity contribution in [2.75, 3.05) is 47.4 Å². The van der Waals surface area contributed by atoms with Crippen molar-refractivity contribution in [2.24, 2.45) is 0 Å². The van der Waals surface area contributed by atoms with Crippen molar-refractivity contribution >= 4 is 17.3 Å². The first-order valence-corrected chi connectivity index (χ1v) is 4.74. The lowest BCUT2D eigenvalue weighted by Gasteiger charge is -2.16. The summed E-state index contributed by atoms with van der Waals surface area (Å²) in [5.74, 6) is 0. The van der Waals surface area contributed by atoms with Crippen LogP contribution >= 0.6 is 12.2 Å². The molecule has 78 valence electrons. The molecular weight excluding hydrogens is 186 g/mol. The van der Waals surface area contributed by atoms with Crippen LogP contribution in [0.2, 0.25) is 0 Å². The standard InChI is InChI=1S/C8H19N3OS/c1-9-8(13)10-4-5-11(2)6-7-12-3/h4-7H2,1-3H3,(H2,9,10,13). The van der Waals surface area contributed by atoms with Crippen LogP contribution < -0.4 is 10.6 Å². The van der Waals surface area contributed by atoms with E-state index < -0.39 is 0 Å². The van der Waals surface area contributed by atoms with Crippen molar-refractivity contribution in [3.8, 4) is 0 Å². The van der Waals surface area contributed by atoms with Gasteiger partial charge >= 0.3 is 0 Å². The second kappa shape index (κ2) is 8.22. The lowest BCUT2D eigenvalue weighted by molar-refractivity contribution is 0.162. The minimum Gasteiger partial charge on any atom is -0.383 e. The Labute approximate surface area is 85.6 Å². The van der Waals surface area contributed by atoms with Gasteiger partial charge in [0.15, 0.2) is 5.11 Å². The first-order valence-electron chi connectivity index (χ1n) is 4.33. The first-order chi connectivity index (χ1) is 6.20. The molecule has 0 rings (SSSR count). The summed E-state index contributed by atoms with van der Waals surface area (Å²) in [7, 11) is 5.58. The van der Waals surface area contributed by atoms with Crippen molar-refractivity contribution in [3.63, 3.8) is 0 Å². The fourth-order valence-electron chi connectivity index (χ4n) is 0.808. The van der Waals surface area contributed by atoms with E-state index in [4.69, 9.17) is 17.0 Å². The highest BCUT2D eigenvalue weighted by Crippen LogP contribution is 1.80. The highest BCUT2D eigenvalue weighted by Gasteiger charge is 1.97. The molecule has 0 aliphatic carbocycles. The van der Waals surface area contributed by atoms with Gasteiger partial charge in [0.25, 0.3) is 0 Å². The van der Waals surface area contributed by atoms with E-state index >= 15 is 0 Å². The van der Waals surface area contributed by atoms with E-state index in [9.17, 15) is 0 Å². The summed E-state index contributed by atoms with van der Waals surface area (Å²) in [5, 5.41) is 6.63. The van der Waals surface area contributed by atoms with Gasteiger partial charge in [0.1, 0.15) is 0 Å². The van der Waals surface area contributed by atoms with Crippen molar-refractivity contribution in [1.29, 1.82) is 0 Å². The first kappa shape index (κ1) is 12.6. The molecule has 0 radical (unpaired) electrons. The maximum Gasteiger partial charge on any atom is 0.166 e. The maximum absolute atomic E-state index is 4.96. The minimum absolute atomic E-state index is 0.695. The molecule has 0 fully saturated rings. The fourth-order valence-corrected chi connectivity index (χ4v) is 0.910. The third-order valence-electron chi connectivity index (χ3n) is 1.68. The third kappa shape index (κ3) is 7.95. The minimum atomic E-state index is 0.695. The Hall–Kier alpha value is -0.390. The van der Waals surface area contributed by atoms with E-state index in [-0.39, 0.29) is 0 Å². The molecule has 0 aliphatic rings. The number of ether oxygens (including phenoxy) is 1. The molecule has 0 aromatic heterocycles. The molecule has 13 heavy (non-hydrogen) atoms. The molecule has 0 heterocycles. The zero-order valence-electron chi connectivity index (χ0n) is 8.59. The predicted molar refractivity (Wildman–Crippen MR) is 59.0 cm³/mol. The molecule has 0 bridgehead atoms. The van der Waals surface area contributed by atoms with Gasteiger partial charge in [0.05, 0.1) is 6.61 Å². The summed E-state index contributed by atoms with van der Waals surface area (Å²) in [6.45, 7) is 3.54. The second-order valence-corrected chi connectivity index (χ2v) is 3.21. The average molecular weight is 205 g/mol. The number of hydrogen-bond acceptors (Lipinski definition) is 3. The molecule has 0 unspecified atom stereocenters. The van der Waals surface area contributed by atoms with Crippen molar-refractivity contribution in [1.82, 2.24) is 15.5 Å². The monoisotopic (exact) mass is 205 g/mol. The van der Waals surface area contributed by atoms with Gasteiger partial charge in [-0.15, -0.1) is 0 Å². The number of likely N-dealkylation sites (N-methyl/N-ethyl adjacent to an activating group) is 1. The van der Waals surface area contributed by atoms with Crippen LogP contribution in [0.1, 0.15) is 0 Å². The Bertz CT molecular complexity index is 143. The summed E-state index contributed by atoms with van der Waals surface area (Å²) in [4.78, 5) is 2.19. The van der Waals surface area contributed by atoms with Gasteiger partial charge in [-0.3, -0.25) is 0 Å². The van der Waals surface area contributed by atoms with E-state index in [1.54, 1.807) is 7.11 Å². The molecular formula is C8H19N3OS. The molecule has 0 spiro atoms. The van der Waals surface area contributed by atoms with E-state index in [1.807, 2.05) is 7.05 Å². The molecule has 0 aromatic carbocycles. The van der Waals surface area contributed by atoms with Gasteiger partial charge in [-0.05, 0) is 19.3 Å². The van der Waals surface area contributed by atoms with Crippen LogP contribution in [-0.2, 0) is 4.74 Å². The quantitative estimate of drug-likeness (QED) is 0.580. The summed E-state index contributed by atoms with van der Waals surface area (Å²) >= 11 is 4.93. The van der Waals surface area contributed by atoms with Crippen LogP contribution in [0.15, 0.2) is 0 Å². The van der Waals surface area contributed by atoms with Crippen molar-refractivity contribution in [2.45, 2.75) is 0 Å². The normalized spacial score (nSPS) is 10.2. The molecule has 0 saturated carbocycles. The van der Waals surface area contributed by atoms with Crippen LogP contribution in [0.4, 0.5) is 0 Å². The highest BCUT2D eigenvalue weighted by molar-refractivity contribution is 7.80. The summed E-state index contributed by atoms with van der Waals surface area (Å²) < 4.78 is 4.96. The zero-order chi connectivity index (χ0) is 10.1. The lowest BCUT2D eigenvalue weighted by atomic mass is 10.5. The van der Waals surface area contributed by atoms with Crippen LogP contribution in [0, 0.1) is 0 Å². The molecule has 0 aromatic rings. The number of hydrogen-bond donors (Lipinski definition) is 2. The third-order valence-corrected chi connectivity index (χ3v) is 2.03. The SMILES string of the molecule is CNC(=S)NCCN(C)CCOC. The van der Waals surface area contributed by atoms with Gasteiger partial charge in [-0.25, -0.2) is 0 Å². The molecule has 5 heteroatoms. The molecule has 0 atom stereocenters. The topological polar surface area (TPSA) is 36.5 Å². The molecule has 4 nitrogen and oxygen atoms in total. The van der Waals surface area contributed by atoms with Gasteiger partial charge in [-0.1, -0.05) is 0 Å².